The molecule has 0 saturated heterocycles. The summed E-state index contributed by atoms with van der Waals surface area (Å²) < 4.78 is 5.43. The lowest BCUT2D eigenvalue weighted by molar-refractivity contribution is -0.145. The number of carbonyl (C=O) groups excluding carboxylic acids is 1. The largest absolute Gasteiger partial charge is 0.481 e. The van der Waals surface area contributed by atoms with E-state index in [2.05, 4.69) is 29.6 Å². The highest BCUT2D eigenvalue weighted by molar-refractivity contribution is 5.79. The highest BCUT2D eigenvalue weighted by atomic mass is 16.5. The van der Waals surface area contributed by atoms with E-state index in [1.165, 1.54) is 11.1 Å². The average Bonchev–Trinajstić information content (AvgIpc) is 2.90. The van der Waals surface area contributed by atoms with Gasteiger partial charge in [-0.1, -0.05) is 48.5 Å². The molecule has 2 aromatic rings. The van der Waals surface area contributed by atoms with Gasteiger partial charge < -0.3 is 15.2 Å². The predicted molar refractivity (Wildman–Crippen MR) is 92.4 cm³/mol. The van der Waals surface area contributed by atoms with Crippen molar-refractivity contribution in [1.29, 1.82) is 0 Å². The Balaban J connectivity index is 1.45. The summed E-state index contributed by atoms with van der Waals surface area (Å²) in [5.74, 6) is -1.36. The first kappa shape index (κ1) is 15.7. The maximum Gasteiger partial charge on any atom is 0.407 e. The van der Waals surface area contributed by atoms with E-state index in [0.717, 1.165) is 11.1 Å². The molecule has 5 nitrogen and oxygen atoms in total. The van der Waals surface area contributed by atoms with E-state index < -0.39 is 18.0 Å². The number of hydrogen-bond acceptors (Lipinski definition) is 3. The van der Waals surface area contributed by atoms with Crippen LogP contribution in [0.25, 0.3) is 11.1 Å². The van der Waals surface area contributed by atoms with Crippen LogP contribution in [0.5, 0.6) is 0 Å². The molecular formula is C20H19NO4. The Morgan fingerprint density at radius 3 is 2.12 bits per heavy atom. The summed E-state index contributed by atoms with van der Waals surface area (Å²) in [6.07, 6.45) is 0.739. The molecule has 2 atom stereocenters. The zero-order valence-corrected chi connectivity index (χ0v) is 13.6. The zero-order chi connectivity index (χ0) is 17.4. The first-order valence-electron chi connectivity index (χ1n) is 8.49. The number of amides is 1. The number of carboxylic acids is 1. The molecule has 0 aromatic heterocycles. The van der Waals surface area contributed by atoms with Gasteiger partial charge >= 0.3 is 12.1 Å². The van der Waals surface area contributed by atoms with Gasteiger partial charge in [0.25, 0.3) is 0 Å². The smallest absolute Gasteiger partial charge is 0.407 e. The third-order valence-corrected chi connectivity index (χ3v) is 5.24. The van der Waals surface area contributed by atoms with Crippen molar-refractivity contribution in [2.45, 2.75) is 24.8 Å². The van der Waals surface area contributed by atoms with Crippen LogP contribution in [-0.4, -0.2) is 29.8 Å². The standard InChI is InChI=1S/C20H19NO4/c22-19(23)16-9-10-18(16)21-20(24)25-11-17-14-7-3-1-5-12(14)13-6-2-4-8-15(13)17/h1-8,16-18H,9-11H2,(H,21,24)(H,22,23)/t16-,18+/m0/s1. The normalized spacial score (nSPS) is 21.0. The SMILES string of the molecule is O=C(N[C@@H]1CC[C@@H]1C(=O)O)OCC1c2ccccc2-c2ccccc21. The van der Waals surface area contributed by atoms with Crippen molar-refractivity contribution in [2.24, 2.45) is 5.92 Å². The quantitative estimate of drug-likeness (QED) is 0.897. The fourth-order valence-corrected chi connectivity index (χ4v) is 3.76. The molecule has 1 saturated carbocycles. The fourth-order valence-electron chi connectivity index (χ4n) is 3.76. The van der Waals surface area contributed by atoms with E-state index in [0.29, 0.717) is 12.8 Å². The highest BCUT2D eigenvalue weighted by Crippen LogP contribution is 2.44. The van der Waals surface area contributed by atoms with Crippen molar-refractivity contribution >= 4 is 12.1 Å². The molecule has 2 aromatic carbocycles. The summed E-state index contributed by atoms with van der Waals surface area (Å²) in [7, 11) is 0. The van der Waals surface area contributed by atoms with Gasteiger partial charge in [-0.05, 0) is 35.1 Å². The fraction of sp³-hybridized carbons (Fsp3) is 0.300. The van der Waals surface area contributed by atoms with Gasteiger partial charge in [0.05, 0.1) is 5.92 Å². The number of aliphatic carboxylic acids is 1. The molecule has 1 amide bonds. The van der Waals surface area contributed by atoms with Gasteiger partial charge in [-0.15, -0.1) is 0 Å². The maximum absolute atomic E-state index is 12.1. The Kier molecular flexibility index (Phi) is 3.92. The van der Waals surface area contributed by atoms with Crippen molar-refractivity contribution in [3.05, 3.63) is 59.7 Å². The predicted octanol–water partition coefficient (Wildman–Crippen LogP) is 3.39. The number of hydrogen-bond donors (Lipinski definition) is 2. The average molecular weight is 337 g/mol. The van der Waals surface area contributed by atoms with Gasteiger partial charge in [-0.3, -0.25) is 4.79 Å². The van der Waals surface area contributed by atoms with E-state index in [1.54, 1.807) is 0 Å². The summed E-state index contributed by atoms with van der Waals surface area (Å²) in [6.45, 7) is 0.240. The van der Waals surface area contributed by atoms with Crippen LogP contribution in [0.3, 0.4) is 0 Å². The van der Waals surface area contributed by atoms with Gasteiger partial charge in [0.2, 0.25) is 0 Å². The lowest BCUT2D eigenvalue weighted by Crippen LogP contribution is -2.50. The number of nitrogens with one attached hydrogen (secondary N) is 1. The minimum absolute atomic E-state index is 0.00908. The van der Waals surface area contributed by atoms with Crippen LogP contribution in [0.2, 0.25) is 0 Å². The van der Waals surface area contributed by atoms with E-state index in [-0.39, 0.29) is 18.6 Å². The lowest BCUT2D eigenvalue weighted by Gasteiger charge is -2.33. The van der Waals surface area contributed by atoms with Crippen LogP contribution < -0.4 is 5.32 Å². The highest BCUT2D eigenvalue weighted by Gasteiger charge is 2.38. The second-order valence-corrected chi connectivity index (χ2v) is 6.60. The summed E-state index contributed by atoms with van der Waals surface area (Å²) in [5, 5.41) is 11.7. The summed E-state index contributed by atoms with van der Waals surface area (Å²) in [4.78, 5) is 23.1. The summed E-state index contributed by atoms with van der Waals surface area (Å²) in [5.41, 5.74) is 4.67. The van der Waals surface area contributed by atoms with Crippen LogP contribution >= 0.6 is 0 Å². The molecule has 128 valence electrons. The molecule has 25 heavy (non-hydrogen) atoms. The minimum Gasteiger partial charge on any atom is -0.481 e. The molecule has 2 aliphatic carbocycles. The topological polar surface area (TPSA) is 75.6 Å². The number of fused-ring (bicyclic) bond motifs is 3. The van der Waals surface area contributed by atoms with E-state index in [4.69, 9.17) is 9.84 Å². The van der Waals surface area contributed by atoms with E-state index in [9.17, 15) is 9.59 Å². The molecule has 2 aliphatic rings. The second-order valence-electron chi connectivity index (χ2n) is 6.60. The van der Waals surface area contributed by atoms with Crippen molar-refractivity contribution < 1.29 is 19.4 Å². The lowest BCUT2D eigenvalue weighted by atomic mass is 9.80. The number of ether oxygens (including phenoxy) is 1. The molecule has 0 heterocycles. The molecule has 0 radical (unpaired) electrons. The van der Waals surface area contributed by atoms with Crippen molar-refractivity contribution in [2.75, 3.05) is 6.61 Å². The number of carbonyl (C=O) groups is 2. The Bertz CT molecular complexity index is 786. The Hall–Kier alpha value is -2.82. The monoisotopic (exact) mass is 337 g/mol. The minimum atomic E-state index is -0.866. The molecule has 0 unspecified atom stereocenters. The van der Waals surface area contributed by atoms with Gasteiger partial charge in [-0.25, -0.2) is 4.79 Å². The van der Waals surface area contributed by atoms with Crippen molar-refractivity contribution in [3.63, 3.8) is 0 Å². The molecule has 0 spiro atoms. The number of benzene rings is 2. The first-order valence-corrected chi connectivity index (χ1v) is 8.49. The molecule has 5 heteroatoms. The third-order valence-electron chi connectivity index (χ3n) is 5.24. The first-order chi connectivity index (χ1) is 12.1. The number of rotatable bonds is 4. The molecule has 0 bridgehead atoms. The van der Waals surface area contributed by atoms with Gasteiger partial charge in [0.15, 0.2) is 0 Å². The van der Waals surface area contributed by atoms with Crippen LogP contribution in [-0.2, 0) is 9.53 Å². The zero-order valence-electron chi connectivity index (χ0n) is 13.6. The van der Waals surface area contributed by atoms with Crippen molar-refractivity contribution in [1.82, 2.24) is 5.32 Å². The Morgan fingerprint density at radius 2 is 1.60 bits per heavy atom. The summed E-state index contributed by atoms with van der Waals surface area (Å²) >= 11 is 0. The van der Waals surface area contributed by atoms with Gasteiger partial charge in [0.1, 0.15) is 6.61 Å². The maximum atomic E-state index is 12.1. The molecule has 4 rings (SSSR count). The van der Waals surface area contributed by atoms with Crippen molar-refractivity contribution in [3.8, 4) is 11.1 Å². The molecule has 2 N–H and O–H groups in total. The van der Waals surface area contributed by atoms with Crippen LogP contribution in [0.1, 0.15) is 29.9 Å². The molecule has 0 aliphatic heterocycles. The second kappa shape index (κ2) is 6.24. The van der Waals surface area contributed by atoms with E-state index in [1.807, 2.05) is 24.3 Å². The molecular weight excluding hydrogens is 318 g/mol. The molecule has 1 fully saturated rings. The Morgan fingerprint density at radius 1 is 1.00 bits per heavy atom. The van der Waals surface area contributed by atoms with E-state index >= 15 is 0 Å². The van der Waals surface area contributed by atoms with Gasteiger partial charge in [0, 0.05) is 12.0 Å². The van der Waals surface area contributed by atoms with Crippen LogP contribution in [0.4, 0.5) is 4.79 Å². The number of carboxylic acid groups (broad SMARTS) is 1. The summed E-state index contributed by atoms with van der Waals surface area (Å²) in [6, 6.07) is 16.0. The third kappa shape index (κ3) is 2.76. The number of alkyl carbamates (subject to hydrolysis) is 1. The Labute approximate surface area is 145 Å². The van der Waals surface area contributed by atoms with Crippen LogP contribution in [0, 0.1) is 5.92 Å². The van der Waals surface area contributed by atoms with Crippen LogP contribution in [0.15, 0.2) is 48.5 Å². The van der Waals surface area contributed by atoms with Gasteiger partial charge in [-0.2, -0.15) is 0 Å².